The quantitative estimate of drug-likeness (QED) is 0.514. The number of nitriles is 1. The molecule has 0 bridgehead atoms. The zero-order valence-electron chi connectivity index (χ0n) is 8.50. The zero-order chi connectivity index (χ0) is 10.9. The van der Waals surface area contributed by atoms with Crippen LogP contribution in [0.25, 0.3) is 0 Å². The van der Waals surface area contributed by atoms with Gasteiger partial charge in [0.15, 0.2) is 0 Å². The molecular formula is C9H13N3O2. The molecule has 1 fully saturated rings. The van der Waals surface area contributed by atoms with Crippen molar-refractivity contribution in [3.63, 3.8) is 0 Å². The zero-order valence-corrected chi connectivity index (χ0v) is 8.50. The van der Waals surface area contributed by atoms with E-state index in [0.29, 0.717) is 0 Å². The highest BCUT2D eigenvalue weighted by molar-refractivity contribution is 6.07. The van der Waals surface area contributed by atoms with Crippen molar-refractivity contribution >= 4 is 11.9 Å². The van der Waals surface area contributed by atoms with Crippen molar-refractivity contribution in [1.29, 1.82) is 5.26 Å². The lowest BCUT2D eigenvalue weighted by atomic mass is 9.88. The average Bonchev–Trinajstić information content (AvgIpc) is 2.31. The first-order chi connectivity index (χ1) is 6.43. The van der Waals surface area contributed by atoms with Gasteiger partial charge in [-0.25, -0.2) is 9.69 Å². The summed E-state index contributed by atoms with van der Waals surface area (Å²) < 4.78 is 0. The molecule has 3 amide bonds. The van der Waals surface area contributed by atoms with E-state index in [1.165, 1.54) is 0 Å². The Morgan fingerprint density at radius 2 is 2.14 bits per heavy atom. The van der Waals surface area contributed by atoms with Crippen LogP contribution in [-0.4, -0.2) is 28.9 Å². The Labute approximate surface area is 82.7 Å². The topological polar surface area (TPSA) is 73.2 Å². The van der Waals surface area contributed by atoms with Crippen molar-refractivity contribution in [1.82, 2.24) is 10.2 Å². The van der Waals surface area contributed by atoms with Gasteiger partial charge in [-0.15, -0.1) is 0 Å². The van der Waals surface area contributed by atoms with E-state index in [0.717, 1.165) is 4.90 Å². The van der Waals surface area contributed by atoms with E-state index in [1.807, 2.05) is 13.8 Å². The van der Waals surface area contributed by atoms with E-state index >= 15 is 0 Å². The molecule has 1 rings (SSSR count). The van der Waals surface area contributed by atoms with Crippen LogP contribution in [0.3, 0.4) is 0 Å². The molecule has 1 unspecified atom stereocenters. The minimum absolute atomic E-state index is 0.00245. The number of hydrogen-bond donors (Lipinski definition) is 1. The predicted molar refractivity (Wildman–Crippen MR) is 49.1 cm³/mol. The van der Waals surface area contributed by atoms with E-state index in [-0.39, 0.29) is 18.4 Å². The molecule has 76 valence electrons. The second kappa shape index (κ2) is 3.29. The lowest BCUT2D eigenvalue weighted by Gasteiger charge is -2.25. The summed E-state index contributed by atoms with van der Waals surface area (Å²) in [6, 6.07) is 1.31. The number of imide groups is 1. The number of urea groups is 1. The highest BCUT2D eigenvalue weighted by Gasteiger charge is 2.49. The van der Waals surface area contributed by atoms with Crippen molar-refractivity contribution in [3.05, 3.63) is 0 Å². The maximum Gasteiger partial charge on any atom is 0.325 e. The molecule has 1 saturated heterocycles. The molecule has 1 aliphatic rings. The molecule has 14 heavy (non-hydrogen) atoms. The van der Waals surface area contributed by atoms with Crippen LogP contribution in [0.1, 0.15) is 20.8 Å². The molecule has 0 aromatic carbocycles. The molecule has 0 aliphatic carbocycles. The molecule has 1 heterocycles. The summed E-state index contributed by atoms with van der Waals surface area (Å²) in [7, 11) is 0. The third-order valence-corrected chi connectivity index (χ3v) is 2.68. The molecule has 0 saturated carbocycles. The summed E-state index contributed by atoms with van der Waals surface area (Å²) >= 11 is 0. The van der Waals surface area contributed by atoms with Crippen molar-refractivity contribution in [2.24, 2.45) is 5.92 Å². The number of nitrogens with zero attached hydrogens (tertiary/aromatic N) is 2. The van der Waals surface area contributed by atoms with Crippen LogP contribution in [0.5, 0.6) is 0 Å². The number of rotatable bonds is 2. The average molecular weight is 195 g/mol. The molecule has 1 N–H and O–H groups in total. The van der Waals surface area contributed by atoms with E-state index in [4.69, 9.17) is 5.26 Å². The van der Waals surface area contributed by atoms with Gasteiger partial charge < -0.3 is 5.32 Å². The Balaban J connectivity index is 2.96. The lowest BCUT2D eigenvalue weighted by molar-refractivity contribution is -0.131. The van der Waals surface area contributed by atoms with Crippen molar-refractivity contribution < 1.29 is 9.59 Å². The summed E-state index contributed by atoms with van der Waals surface area (Å²) in [4.78, 5) is 24.0. The van der Waals surface area contributed by atoms with E-state index in [2.05, 4.69) is 5.32 Å². The Morgan fingerprint density at radius 3 is 2.50 bits per heavy atom. The number of carbonyl (C=O) groups is 2. The highest BCUT2D eigenvalue weighted by atomic mass is 16.2. The SMILES string of the molecule is CC(C)C1(C)NC(=O)N(CC#N)C1=O. The van der Waals surface area contributed by atoms with Crippen LogP contribution in [-0.2, 0) is 4.79 Å². The maximum atomic E-state index is 11.8. The van der Waals surface area contributed by atoms with Crippen LogP contribution in [0.15, 0.2) is 0 Å². The van der Waals surface area contributed by atoms with Gasteiger partial charge in [-0.2, -0.15) is 5.26 Å². The Kier molecular flexibility index (Phi) is 2.47. The second-order valence-corrected chi connectivity index (χ2v) is 3.84. The molecule has 0 spiro atoms. The molecule has 1 aliphatic heterocycles. The normalized spacial score (nSPS) is 26.6. The third kappa shape index (κ3) is 1.33. The fourth-order valence-electron chi connectivity index (χ4n) is 1.32. The summed E-state index contributed by atoms with van der Waals surface area (Å²) in [6.07, 6.45) is 0. The van der Waals surface area contributed by atoms with Gasteiger partial charge in [0, 0.05) is 0 Å². The molecule has 5 heteroatoms. The predicted octanol–water partition coefficient (Wildman–Crippen LogP) is 0.476. The lowest BCUT2D eigenvalue weighted by Crippen LogP contribution is -2.48. The van der Waals surface area contributed by atoms with E-state index < -0.39 is 11.6 Å². The number of hydrogen-bond acceptors (Lipinski definition) is 3. The molecular weight excluding hydrogens is 182 g/mol. The van der Waals surface area contributed by atoms with Crippen LogP contribution >= 0.6 is 0 Å². The molecule has 0 aromatic rings. The standard InChI is InChI=1S/C9H13N3O2/c1-6(2)9(3)7(13)12(5-4-10)8(14)11-9/h6H,5H2,1-3H3,(H,11,14). The number of amides is 3. The second-order valence-electron chi connectivity index (χ2n) is 3.84. The van der Waals surface area contributed by atoms with Crippen molar-refractivity contribution in [3.8, 4) is 6.07 Å². The summed E-state index contributed by atoms with van der Waals surface area (Å²) in [5.74, 6) is -0.318. The van der Waals surface area contributed by atoms with Crippen LogP contribution < -0.4 is 5.32 Å². The fraction of sp³-hybridized carbons (Fsp3) is 0.667. The van der Waals surface area contributed by atoms with Gasteiger partial charge in [0.05, 0.1) is 6.07 Å². The van der Waals surface area contributed by atoms with E-state index in [9.17, 15) is 9.59 Å². The first-order valence-corrected chi connectivity index (χ1v) is 4.44. The minimum Gasteiger partial charge on any atom is -0.323 e. The van der Waals surface area contributed by atoms with Gasteiger partial charge in [0.2, 0.25) is 0 Å². The monoisotopic (exact) mass is 195 g/mol. The maximum absolute atomic E-state index is 11.8. The third-order valence-electron chi connectivity index (χ3n) is 2.68. The van der Waals surface area contributed by atoms with Gasteiger partial charge in [-0.1, -0.05) is 13.8 Å². The Bertz CT molecular complexity index is 319. The largest absolute Gasteiger partial charge is 0.325 e. The van der Waals surface area contributed by atoms with Gasteiger partial charge in [0.1, 0.15) is 12.1 Å². The minimum atomic E-state index is -0.867. The number of nitrogens with one attached hydrogen (secondary N) is 1. The van der Waals surface area contributed by atoms with Crippen LogP contribution in [0.4, 0.5) is 4.79 Å². The van der Waals surface area contributed by atoms with Crippen LogP contribution in [0.2, 0.25) is 0 Å². The van der Waals surface area contributed by atoms with Gasteiger partial charge >= 0.3 is 6.03 Å². The molecule has 5 nitrogen and oxygen atoms in total. The van der Waals surface area contributed by atoms with Crippen LogP contribution in [0, 0.1) is 17.2 Å². The smallest absolute Gasteiger partial charge is 0.323 e. The fourth-order valence-corrected chi connectivity index (χ4v) is 1.32. The van der Waals surface area contributed by atoms with Crippen molar-refractivity contribution in [2.75, 3.05) is 6.54 Å². The summed E-state index contributed by atoms with van der Waals surface area (Å²) in [5.41, 5.74) is -0.867. The summed E-state index contributed by atoms with van der Waals surface area (Å²) in [6.45, 7) is 5.20. The first kappa shape index (κ1) is 10.5. The highest BCUT2D eigenvalue weighted by Crippen LogP contribution is 2.24. The first-order valence-electron chi connectivity index (χ1n) is 4.44. The van der Waals surface area contributed by atoms with Crippen molar-refractivity contribution in [2.45, 2.75) is 26.3 Å². The Hall–Kier alpha value is -1.57. The van der Waals surface area contributed by atoms with E-state index in [1.54, 1.807) is 13.0 Å². The molecule has 1 atom stereocenters. The van der Waals surface area contributed by atoms with Gasteiger partial charge in [0.25, 0.3) is 5.91 Å². The Morgan fingerprint density at radius 1 is 1.57 bits per heavy atom. The number of carbonyl (C=O) groups excluding carboxylic acids is 2. The van der Waals surface area contributed by atoms with Gasteiger partial charge in [-0.05, 0) is 12.8 Å². The van der Waals surface area contributed by atoms with Gasteiger partial charge in [-0.3, -0.25) is 4.79 Å². The summed E-state index contributed by atoms with van der Waals surface area (Å²) in [5, 5.41) is 11.0. The molecule has 0 aromatic heterocycles. The molecule has 0 radical (unpaired) electrons.